The molecule has 0 saturated carbocycles. The van der Waals surface area contributed by atoms with E-state index in [0.717, 1.165) is 45.3 Å². The molecule has 36 heavy (non-hydrogen) atoms. The third kappa shape index (κ3) is 21.0. The molecule has 0 aromatic carbocycles. The van der Waals surface area contributed by atoms with Crippen LogP contribution in [0.3, 0.4) is 0 Å². The van der Waals surface area contributed by atoms with E-state index >= 15 is 0 Å². The lowest BCUT2D eigenvalue weighted by Gasteiger charge is -2.29. The summed E-state index contributed by atoms with van der Waals surface area (Å²) >= 11 is 0. The number of nitrogens with one attached hydrogen (secondary N) is 1. The number of ether oxygens (including phenoxy) is 2. The van der Waals surface area contributed by atoms with Crippen molar-refractivity contribution in [2.24, 2.45) is 0 Å². The Morgan fingerprint density at radius 2 is 1.22 bits per heavy atom. The lowest BCUT2D eigenvalue weighted by molar-refractivity contribution is -0.906. The molecular weight excluding hydrogens is 477 g/mol. The maximum atomic E-state index is 12.3. The van der Waals surface area contributed by atoms with Crippen LogP contribution in [0, 0.1) is 0 Å². The second-order valence-electron chi connectivity index (χ2n) is 10.5. The molecule has 7 nitrogen and oxygen atoms in total. The monoisotopic (exact) mass is 536 g/mol. The first-order chi connectivity index (χ1) is 17.6. The normalized spacial score (nSPS) is 20.0. The molecule has 1 atom stereocenters. The Kier molecular flexibility index (Phi) is 22.7. The average molecular weight is 537 g/mol. The summed E-state index contributed by atoms with van der Waals surface area (Å²) < 4.78 is 33.4. The molecule has 0 aliphatic carbocycles. The van der Waals surface area contributed by atoms with Gasteiger partial charge < -0.3 is 19.3 Å². The van der Waals surface area contributed by atoms with E-state index in [4.69, 9.17) is 18.5 Å². The highest BCUT2D eigenvalue weighted by Gasteiger charge is 2.30. The van der Waals surface area contributed by atoms with Crippen molar-refractivity contribution < 1.29 is 32.9 Å². The second kappa shape index (κ2) is 24.1. The minimum atomic E-state index is -3.95. The van der Waals surface area contributed by atoms with Crippen LogP contribution in [0.15, 0.2) is 0 Å². The molecule has 1 aliphatic rings. The van der Waals surface area contributed by atoms with E-state index in [2.05, 4.69) is 6.92 Å². The molecule has 1 fully saturated rings. The summed E-state index contributed by atoms with van der Waals surface area (Å²) in [6, 6.07) is 0. The van der Waals surface area contributed by atoms with Crippen molar-refractivity contribution in [2.45, 2.75) is 129 Å². The molecule has 1 heterocycles. The molecule has 1 saturated heterocycles. The van der Waals surface area contributed by atoms with Crippen LogP contribution in [0.1, 0.15) is 122 Å². The first-order valence-electron chi connectivity index (χ1n) is 15.1. The molecule has 1 unspecified atom stereocenters. The zero-order chi connectivity index (χ0) is 26.2. The van der Waals surface area contributed by atoms with Gasteiger partial charge in [-0.2, -0.15) is 0 Å². The minimum Gasteiger partial charge on any atom is -0.382 e. The summed E-state index contributed by atoms with van der Waals surface area (Å²) in [4.78, 5) is 11.5. The molecule has 0 spiro atoms. The Hall–Kier alpha value is -0.0100. The number of piperidine rings is 1. The Morgan fingerprint density at radius 3 is 1.72 bits per heavy atom. The third-order valence-corrected chi connectivity index (χ3v) is 8.28. The van der Waals surface area contributed by atoms with E-state index in [-0.39, 0.29) is 6.10 Å². The Balaban J connectivity index is 1.87. The summed E-state index contributed by atoms with van der Waals surface area (Å²) in [5.74, 6) is 0. The molecule has 1 rings (SSSR count). The summed E-state index contributed by atoms with van der Waals surface area (Å²) in [5, 5.41) is 0. The van der Waals surface area contributed by atoms with Crippen LogP contribution >= 0.6 is 7.82 Å². The van der Waals surface area contributed by atoms with E-state index in [1.54, 1.807) is 7.11 Å². The third-order valence-electron chi connectivity index (χ3n) is 7.21. The number of methoxy groups -OCH3 is 1. The van der Waals surface area contributed by atoms with Gasteiger partial charge in [0, 0.05) is 20.0 Å². The van der Waals surface area contributed by atoms with Crippen molar-refractivity contribution >= 4 is 7.82 Å². The maximum Gasteiger partial charge on any atom is 0.472 e. The lowest BCUT2D eigenvalue weighted by Crippen LogP contribution is -3.13. The van der Waals surface area contributed by atoms with Crippen molar-refractivity contribution in [3.05, 3.63) is 0 Å². The fourth-order valence-corrected chi connectivity index (χ4v) is 5.87. The smallest absolute Gasteiger partial charge is 0.382 e. The van der Waals surface area contributed by atoms with Gasteiger partial charge in [0.15, 0.2) is 0 Å². The van der Waals surface area contributed by atoms with E-state index in [1.165, 1.54) is 94.8 Å². The fraction of sp³-hybridized carbons (Fsp3) is 1.00. The van der Waals surface area contributed by atoms with Crippen LogP contribution in [0.25, 0.3) is 0 Å². The van der Waals surface area contributed by atoms with Crippen LogP contribution in [0.5, 0.6) is 0 Å². The number of phosphoric acid groups is 1. The van der Waals surface area contributed by atoms with E-state index in [0.29, 0.717) is 26.4 Å². The number of hydrogen-bond donors (Lipinski definition) is 2. The summed E-state index contributed by atoms with van der Waals surface area (Å²) in [7, 11) is -2.28. The Morgan fingerprint density at radius 1 is 0.722 bits per heavy atom. The molecule has 0 aromatic rings. The molecular formula is C28H59NO6P+. The number of rotatable bonds is 26. The van der Waals surface area contributed by atoms with Crippen molar-refractivity contribution in [1.29, 1.82) is 0 Å². The van der Waals surface area contributed by atoms with Crippen LogP contribution in [0.4, 0.5) is 0 Å². The Bertz CT molecular complexity index is 516. The van der Waals surface area contributed by atoms with Gasteiger partial charge in [0.25, 0.3) is 0 Å². The van der Waals surface area contributed by atoms with Gasteiger partial charge in [-0.05, 0) is 6.42 Å². The maximum absolute atomic E-state index is 12.3. The van der Waals surface area contributed by atoms with Crippen molar-refractivity contribution in [3.8, 4) is 0 Å². The number of quaternary nitrogens is 1. The summed E-state index contributed by atoms with van der Waals surface area (Å²) in [6.45, 7) is 7.34. The zero-order valence-electron chi connectivity index (χ0n) is 23.7. The molecule has 2 N–H and O–H groups in total. The molecule has 0 radical (unpaired) electrons. The van der Waals surface area contributed by atoms with E-state index in [1.807, 2.05) is 0 Å². The van der Waals surface area contributed by atoms with E-state index < -0.39 is 7.82 Å². The predicted molar refractivity (Wildman–Crippen MR) is 148 cm³/mol. The van der Waals surface area contributed by atoms with Crippen LogP contribution < -0.4 is 4.90 Å². The number of hydrogen-bond acceptors (Lipinski definition) is 5. The summed E-state index contributed by atoms with van der Waals surface area (Å²) in [5.41, 5.74) is 0. The molecule has 0 amide bonds. The molecule has 1 aliphatic heterocycles. The Labute approximate surface area is 222 Å². The van der Waals surface area contributed by atoms with Gasteiger partial charge in [0.05, 0.1) is 45.6 Å². The molecule has 0 bridgehead atoms. The van der Waals surface area contributed by atoms with Gasteiger partial charge in [-0.1, -0.05) is 103 Å². The first kappa shape index (κ1) is 34.0. The topological polar surface area (TPSA) is 78.7 Å². The number of phosphoric ester groups is 1. The minimum absolute atomic E-state index is 0.190. The van der Waals surface area contributed by atoms with Crippen LogP contribution in [-0.2, 0) is 23.1 Å². The van der Waals surface area contributed by atoms with Crippen molar-refractivity contribution in [1.82, 2.24) is 0 Å². The standard InChI is InChI=1S/C28H58NO6P/c1-3-4-5-6-7-8-9-10-11-12-13-14-15-16-17-18-24-34-36(30,31)35-28-19-21-29(22-20-28)23-25-33-27-26-32-2/h28H,3-27H2,1-2H3,(H,30,31)/p+1. The molecule has 8 heteroatoms. The largest absolute Gasteiger partial charge is 0.472 e. The van der Waals surface area contributed by atoms with Gasteiger partial charge in [0.1, 0.15) is 6.54 Å². The average Bonchev–Trinajstić information content (AvgIpc) is 2.86. The van der Waals surface area contributed by atoms with E-state index in [9.17, 15) is 9.46 Å². The van der Waals surface area contributed by atoms with Crippen LogP contribution in [-0.4, -0.2) is 64.2 Å². The van der Waals surface area contributed by atoms with Gasteiger partial charge in [-0.25, -0.2) is 4.57 Å². The highest BCUT2D eigenvalue weighted by atomic mass is 31.2. The number of likely N-dealkylation sites (tertiary alicyclic amines) is 1. The van der Waals surface area contributed by atoms with Gasteiger partial charge in [-0.15, -0.1) is 0 Å². The predicted octanol–water partition coefficient (Wildman–Crippen LogP) is 6.09. The summed E-state index contributed by atoms with van der Waals surface area (Å²) in [6.07, 6.45) is 22.3. The van der Waals surface area contributed by atoms with Gasteiger partial charge >= 0.3 is 7.82 Å². The highest BCUT2D eigenvalue weighted by molar-refractivity contribution is 7.47. The zero-order valence-corrected chi connectivity index (χ0v) is 24.6. The first-order valence-corrected chi connectivity index (χ1v) is 16.6. The van der Waals surface area contributed by atoms with Gasteiger partial charge in [0.2, 0.25) is 0 Å². The quantitative estimate of drug-likeness (QED) is 0.103. The van der Waals surface area contributed by atoms with Crippen LogP contribution in [0.2, 0.25) is 0 Å². The van der Waals surface area contributed by atoms with Crippen molar-refractivity contribution in [3.63, 3.8) is 0 Å². The lowest BCUT2D eigenvalue weighted by atomic mass is 10.0. The fourth-order valence-electron chi connectivity index (χ4n) is 4.86. The van der Waals surface area contributed by atoms with Crippen molar-refractivity contribution in [2.75, 3.05) is 53.2 Å². The second-order valence-corrected chi connectivity index (χ2v) is 11.9. The molecule has 216 valence electrons. The number of unbranched alkanes of at least 4 members (excludes halogenated alkanes) is 15. The highest BCUT2D eigenvalue weighted by Crippen LogP contribution is 2.45. The molecule has 0 aromatic heterocycles. The van der Waals surface area contributed by atoms with Gasteiger partial charge in [-0.3, -0.25) is 9.05 Å². The SMILES string of the molecule is CCCCCCCCCCCCCCCCCCOP(=O)(O)OC1CC[NH+](CCOCCOC)CC1.